The fourth-order valence-corrected chi connectivity index (χ4v) is 1.87. The highest BCUT2D eigenvalue weighted by Crippen LogP contribution is 2.12. The van der Waals surface area contributed by atoms with Crippen LogP contribution in [0.1, 0.15) is 10.4 Å². The number of nitrogens with zero attached hydrogens (tertiary/aromatic N) is 2. The first-order valence-corrected chi connectivity index (χ1v) is 5.50. The summed E-state index contributed by atoms with van der Waals surface area (Å²) in [6, 6.07) is 2.91. The lowest BCUT2D eigenvalue weighted by atomic mass is 10.1. The van der Waals surface area contributed by atoms with E-state index in [1.54, 1.807) is 4.90 Å². The minimum Gasteiger partial charge on any atom is -0.336 e. The van der Waals surface area contributed by atoms with E-state index in [1.165, 1.54) is 0 Å². The summed E-state index contributed by atoms with van der Waals surface area (Å²) < 4.78 is 26.0. The molecule has 5 heteroatoms. The Morgan fingerprint density at radius 2 is 1.59 bits per heavy atom. The number of likely N-dealkylation sites (N-methyl/N-ethyl adjacent to an activating group) is 1. The zero-order chi connectivity index (χ0) is 12.4. The molecular weight excluding hydrogens is 226 g/mol. The molecule has 0 radical (unpaired) electrons. The molecule has 0 aliphatic carbocycles. The summed E-state index contributed by atoms with van der Waals surface area (Å²) >= 11 is 0. The molecular formula is C12H14F2N2O. The van der Waals surface area contributed by atoms with E-state index in [4.69, 9.17) is 0 Å². The van der Waals surface area contributed by atoms with Crippen LogP contribution in [0.2, 0.25) is 0 Å². The van der Waals surface area contributed by atoms with Gasteiger partial charge in [-0.05, 0) is 19.2 Å². The Morgan fingerprint density at radius 3 is 2.12 bits per heavy atom. The maximum Gasteiger partial charge on any atom is 0.254 e. The predicted molar refractivity (Wildman–Crippen MR) is 59.8 cm³/mol. The van der Waals surface area contributed by atoms with Gasteiger partial charge in [0.2, 0.25) is 0 Å². The Kier molecular flexibility index (Phi) is 3.38. The largest absolute Gasteiger partial charge is 0.336 e. The van der Waals surface area contributed by atoms with Crippen molar-refractivity contribution in [2.45, 2.75) is 0 Å². The second-order valence-electron chi connectivity index (χ2n) is 4.25. The lowest BCUT2D eigenvalue weighted by Gasteiger charge is -2.32. The van der Waals surface area contributed by atoms with Crippen molar-refractivity contribution in [3.8, 4) is 0 Å². The number of benzene rings is 1. The molecule has 92 valence electrons. The van der Waals surface area contributed by atoms with Gasteiger partial charge < -0.3 is 9.80 Å². The summed E-state index contributed by atoms with van der Waals surface area (Å²) in [5.41, 5.74) is 0.0760. The highest BCUT2D eigenvalue weighted by atomic mass is 19.1. The van der Waals surface area contributed by atoms with E-state index in [1.807, 2.05) is 7.05 Å². The van der Waals surface area contributed by atoms with Gasteiger partial charge in [-0.3, -0.25) is 4.79 Å². The number of carbonyl (C=O) groups excluding carboxylic acids is 1. The van der Waals surface area contributed by atoms with Crippen molar-refractivity contribution >= 4 is 5.91 Å². The number of carbonyl (C=O) groups is 1. The van der Waals surface area contributed by atoms with Gasteiger partial charge in [-0.25, -0.2) is 8.78 Å². The van der Waals surface area contributed by atoms with Crippen LogP contribution in [0.15, 0.2) is 18.2 Å². The molecule has 0 spiro atoms. The fourth-order valence-electron chi connectivity index (χ4n) is 1.87. The van der Waals surface area contributed by atoms with E-state index in [0.717, 1.165) is 31.3 Å². The van der Waals surface area contributed by atoms with Crippen LogP contribution in [0.5, 0.6) is 0 Å². The highest BCUT2D eigenvalue weighted by Gasteiger charge is 2.21. The van der Waals surface area contributed by atoms with E-state index >= 15 is 0 Å². The highest BCUT2D eigenvalue weighted by molar-refractivity contribution is 5.94. The van der Waals surface area contributed by atoms with Crippen molar-refractivity contribution in [2.75, 3.05) is 33.2 Å². The second kappa shape index (κ2) is 4.79. The van der Waals surface area contributed by atoms with Crippen LogP contribution < -0.4 is 0 Å². The van der Waals surface area contributed by atoms with Crippen molar-refractivity contribution in [1.29, 1.82) is 0 Å². The third-order valence-electron chi connectivity index (χ3n) is 2.90. The number of hydrogen-bond donors (Lipinski definition) is 0. The van der Waals surface area contributed by atoms with Crippen LogP contribution in [0.4, 0.5) is 8.78 Å². The van der Waals surface area contributed by atoms with Crippen molar-refractivity contribution in [2.24, 2.45) is 0 Å². The molecule has 1 heterocycles. The Hall–Kier alpha value is -1.49. The zero-order valence-electron chi connectivity index (χ0n) is 9.62. The van der Waals surface area contributed by atoms with Crippen molar-refractivity contribution in [3.63, 3.8) is 0 Å². The van der Waals surface area contributed by atoms with Crippen molar-refractivity contribution in [1.82, 2.24) is 9.80 Å². The standard InChI is InChI=1S/C12H14F2N2O/c1-15-2-4-16(5-3-15)12(17)9-6-10(13)8-11(14)7-9/h6-8H,2-5H2,1H3. The van der Waals surface area contributed by atoms with Crippen LogP contribution in [0.3, 0.4) is 0 Å². The maximum absolute atomic E-state index is 13.0. The first-order chi connectivity index (χ1) is 8.06. The van der Waals surface area contributed by atoms with Gasteiger partial charge >= 0.3 is 0 Å². The fraction of sp³-hybridized carbons (Fsp3) is 0.417. The van der Waals surface area contributed by atoms with E-state index in [-0.39, 0.29) is 11.5 Å². The van der Waals surface area contributed by atoms with E-state index in [2.05, 4.69) is 4.90 Å². The van der Waals surface area contributed by atoms with Crippen LogP contribution in [-0.4, -0.2) is 48.9 Å². The van der Waals surface area contributed by atoms with Gasteiger partial charge in [0.15, 0.2) is 0 Å². The molecule has 17 heavy (non-hydrogen) atoms. The predicted octanol–water partition coefficient (Wildman–Crippen LogP) is 1.35. The van der Waals surface area contributed by atoms with E-state index in [0.29, 0.717) is 13.1 Å². The molecule has 1 aliphatic heterocycles. The van der Waals surface area contributed by atoms with E-state index < -0.39 is 11.6 Å². The number of halogens is 2. The summed E-state index contributed by atoms with van der Waals surface area (Å²) in [6.07, 6.45) is 0. The Morgan fingerprint density at radius 1 is 1.06 bits per heavy atom. The summed E-state index contributed by atoms with van der Waals surface area (Å²) in [7, 11) is 1.98. The normalized spacial score (nSPS) is 17.2. The SMILES string of the molecule is CN1CCN(C(=O)c2cc(F)cc(F)c2)CC1. The van der Waals surface area contributed by atoms with Gasteiger partial charge in [0.1, 0.15) is 11.6 Å². The number of amides is 1. The number of hydrogen-bond acceptors (Lipinski definition) is 2. The second-order valence-corrected chi connectivity index (χ2v) is 4.25. The minimum absolute atomic E-state index is 0.0760. The van der Waals surface area contributed by atoms with Gasteiger partial charge in [0.25, 0.3) is 5.91 Å². The number of rotatable bonds is 1. The average molecular weight is 240 g/mol. The first kappa shape index (κ1) is 12.0. The molecule has 0 unspecified atom stereocenters. The number of piperazine rings is 1. The van der Waals surface area contributed by atoms with Crippen LogP contribution in [0, 0.1) is 11.6 Å². The molecule has 1 aromatic carbocycles. The molecule has 1 saturated heterocycles. The maximum atomic E-state index is 13.0. The smallest absolute Gasteiger partial charge is 0.254 e. The topological polar surface area (TPSA) is 23.6 Å². The Labute approximate surface area is 98.6 Å². The summed E-state index contributed by atoms with van der Waals surface area (Å²) in [5, 5.41) is 0. The summed E-state index contributed by atoms with van der Waals surface area (Å²) in [4.78, 5) is 15.7. The van der Waals surface area contributed by atoms with Crippen molar-refractivity contribution < 1.29 is 13.6 Å². The summed E-state index contributed by atoms with van der Waals surface area (Å²) in [6.45, 7) is 2.74. The first-order valence-electron chi connectivity index (χ1n) is 5.50. The molecule has 3 nitrogen and oxygen atoms in total. The van der Waals surface area contributed by atoms with Crippen LogP contribution >= 0.6 is 0 Å². The lowest BCUT2D eigenvalue weighted by Crippen LogP contribution is -2.47. The summed E-state index contributed by atoms with van der Waals surface area (Å²) in [5.74, 6) is -1.75. The van der Waals surface area contributed by atoms with Gasteiger partial charge in [0.05, 0.1) is 0 Å². The third-order valence-corrected chi connectivity index (χ3v) is 2.90. The molecule has 1 amide bonds. The van der Waals surface area contributed by atoms with Crippen molar-refractivity contribution in [3.05, 3.63) is 35.4 Å². The zero-order valence-corrected chi connectivity index (χ0v) is 9.62. The molecule has 0 saturated carbocycles. The molecule has 0 bridgehead atoms. The van der Waals surface area contributed by atoms with Gasteiger partial charge in [-0.2, -0.15) is 0 Å². The molecule has 1 aliphatic rings. The van der Waals surface area contributed by atoms with E-state index in [9.17, 15) is 13.6 Å². The quantitative estimate of drug-likeness (QED) is 0.740. The van der Waals surface area contributed by atoms with Gasteiger partial charge in [-0.15, -0.1) is 0 Å². The average Bonchev–Trinajstić information content (AvgIpc) is 2.28. The molecule has 0 N–H and O–H groups in total. The molecule has 0 atom stereocenters. The van der Waals surface area contributed by atoms with Crippen LogP contribution in [-0.2, 0) is 0 Å². The van der Waals surface area contributed by atoms with Gasteiger partial charge in [0, 0.05) is 37.8 Å². The molecule has 0 aromatic heterocycles. The van der Waals surface area contributed by atoms with Gasteiger partial charge in [-0.1, -0.05) is 0 Å². The third kappa shape index (κ3) is 2.79. The Balaban J connectivity index is 2.14. The molecule has 2 rings (SSSR count). The molecule has 1 aromatic rings. The molecule has 1 fully saturated rings. The van der Waals surface area contributed by atoms with Crippen LogP contribution in [0.25, 0.3) is 0 Å². The Bertz CT molecular complexity index is 408. The monoisotopic (exact) mass is 240 g/mol. The minimum atomic E-state index is -0.720. The lowest BCUT2D eigenvalue weighted by molar-refractivity contribution is 0.0663.